The maximum atomic E-state index is 13.5. The van der Waals surface area contributed by atoms with Gasteiger partial charge in [0.25, 0.3) is 5.91 Å². The Kier molecular flexibility index (Phi) is 3.28. The van der Waals surface area contributed by atoms with E-state index in [2.05, 4.69) is 4.98 Å². The van der Waals surface area contributed by atoms with Gasteiger partial charge in [-0.3, -0.25) is 9.36 Å². The van der Waals surface area contributed by atoms with Crippen molar-refractivity contribution in [1.29, 1.82) is 0 Å². The number of imidazole rings is 1. The van der Waals surface area contributed by atoms with Crippen LogP contribution >= 0.6 is 0 Å². The van der Waals surface area contributed by atoms with Crippen molar-refractivity contribution in [3.05, 3.63) is 71.6 Å². The average Bonchev–Trinajstić information content (AvgIpc) is 3.13. The zero-order valence-corrected chi connectivity index (χ0v) is 12.6. The van der Waals surface area contributed by atoms with Crippen LogP contribution in [0.5, 0.6) is 5.75 Å². The van der Waals surface area contributed by atoms with Crippen LogP contribution in [0.1, 0.15) is 16.2 Å². The third-order valence-electron chi connectivity index (χ3n) is 4.04. The molecule has 126 valence electrons. The number of anilines is 1. The van der Waals surface area contributed by atoms with Crippen LogP contribution in [-0.4, -0.2) is 20.6 Å². The largest absolute Gasteiger partial charge is 0.506 e. The molecule has 0 atom stereocenters. The number of hydrogen-bond acceptors (Lipinski definition) is 3. The van der Waals surface area contributed by atoms with Crippen LogP contribution in [0.4, 0.5) is 18.9 Å². The van der Waals surface area contributed by atoms with E-state index in [0.29, 0.717) is 17.4 Å². The van der Waals surface area contributed by atoms with Crippen molar-refractivity contribution >= 4 is 11.6 Å². The molecule has 0 bridgehead atoms. The van der Waals surface area contributed by atoms with Crippen LogP contribution in [0, 0.1) is 17.5 Å². The van der Waals surface area contributed by atoms with E-state index in [9.17, 15) is 23.1 Å². The minimum atomic E-state index is -1.18. The highest BCUT2D eigenvalue weighted by atomic mass is 19.2. The summed E-state index contributed by atoms with van der Waals surface area (Å²) in [5, 5.41) is 9.90. The second-order valence-corrected chi connectivity index (χ2v) is 5.53. The van der Waals surface area contributed by atoms with E-state index in [-0.39, 0.29) is 17.9 Å². The molecule has 1 aromatic heterocycles. The van der Waals surface area contributed by atoms with Gasteiger partial charge in [0.2, 0.25) is 0 Å². The summed E-state index contributed by atoms with van der Waals surface area (Å²) in [6.45, 7) is 0.0955. The molecule has 0 aliphatic carbocycles. The van der Waals surface area contributed by atoms with Crippen molar-refractivity contribution in [2.24, 2.45) is 0 Å². The Balaban J connectivity index is 1.76. The molecule has 0 radical (unpaired) electrons. The van der Waals surface area contributed by atoms with Gasteiger partial charge in [-0.25, -0.2) is 18.2 Å². The van der Waals surface area contributed by atoms with Crippen molar-refractivity contribution in [1.82, 2.24) is 9.55 Å². The van der Waals surface area contributed by atoms with E-state index in [1.54, 1.807) is 0 Å². The number of rotatable bonds is 2. The standard InChI is InChI=1S/C17H10F3N3O2/c18-9-1-3-10(4-2-9)22-7-14-16(17(22)25)21-8-23(14)13-5-11(19)12(20)6-15(13)24/h1-6,8,24H,7H2. The van der Waals surface area contributed by atoms with Gasteiger partial charge in [-0.1, -0.05) is 0 Å². The zero-order valence-electron chi connectivity index (χ0n) is 12.6. The minimum Gasteiger partial charge on any atom is -0.506 e. The molecule has 0 fully saturated rings. The molecular formula is C17H10F3N3O2. The lowest BCUT2D eigenvalue weighted by molar-refractivity contribution is 0.0992. The van der Waals surface area contributed by atoms with E-state index in [0.717, 1.165) is 6.07 Å². The van der Waals surface area contributed by atoms with Gasteiger partial charge in [0.15, 0.2) is 17.3 Å². The fraction of sp³-hybridized carbons (Fsp3) is 0.0588. The molecule has 0 spiro atoms. The van der Waals surface area contributed by atoms with Crippen LogP contribution in [0.25, 0.3) is 5.69 Å². The van der Waals surface area contributed by atoms with Gasteiger partial charge in [-0.05, 0) is 24.3 Å². The fourth-order valence-electron chi connectivity index (χ4n) is 2.81. The molecule has 0 unspecified atom stereocenters. The molecule has 2 heterocycles. The predicted octanol–water partition coefficient (Wildman–Crippen LogP) is 3.16. The van der Waals surface area contributed by atoms with E-state index in [1.165, 1.54) is 40.1 Å². The SMILES string of the molecule is O=C1c2ncn(-c3cc(F)c(F)cc3O)c2CN1c1ccc(F)cc1. The van der Waals surface area contributed by atoms with Crippen molar-refractivity contribution in [2.75, 3.05) is 4.90 Å². The number of phenolic OH excluding ortho intramolecular Hbond substituents is 1. The number of halogens is 3. The molecule has 1 aliphatic heterocycles. The lowest BCUT2D eigenvalue weighted by atomic mass is 10.2. The molecule has 1 amide bonds. The van der Waals surface area contributed by atoms with E-state index >= 15 is 0 Å². The maximum absolute atomic E-state index is 13.5. The van der Waals surface area contributed by atoms with Crippen LogP contribution < -0.4 is 4.90 Å². The summed E-state index contributed by atoms with van der Waals surface area (Å²) in [7, 11) is 0. The van der Waals surface area contributed by atoms with Crippen LogP contribution in [0.15, 0.2) is 42.7 Å². The quantitative estimate of drug-likeness (QED) is 0.776. The topological polar surface area (TPSA) is 58.4 Å². The number of carbonyl (C=O) groups excluding carboxylic acids is 1. The Hall–Kier alpha value is -3.29. The predicted molar refractivity (Wildman–Crippen MR) is 82.1 cm³/mol. The second-order valence-electron chi connectivity index (χ2n) is 5.53. The second kappa shape index (κ2) is 5.37. The summed E-state index contributed by atoms with van der Waals surface area (Å²) in [5.74, 6) is -3.62. The number of hydrogen-bond donors (Lipinski definition) is 1. The van der Waals surface area contributed by atoms with Gasteiger partial charge in [0.1, 0.15) is 17.9 Å². The number of aromatic nitrogens is 2. The Morgan fingerprint density at radius 1 is 1.04 bits per heavy atom. The van der Waals surface area contributed by atoms with Crippen molar-refractivity contribution in [3.63, 3.8) is 0 Å². The van der Waals surface area contributed by atoms with Gasteiger partial charge < -0.3 is 10.0 Å². The molecule has 1 N–H and O–H groups in total. The third-order valence-corrected chi connectivity index (χ3v) is 4.04. The van der Waals surface area contributed by atoms with Gasteiger partial charge in [0.05, 0.1) is 17.9 Å². The number of benzene rings is 2. The highest BCUT2D eigenvalue weighted by Gasteiger charge is 2.34. The van der Waals surface area contributed by atoms with Gasteiger partial charge in [0, 0.05) is 17.8 Å². The highest BCUT2D eigenvalue weighted by molar-refractivity contribution is 6.08. The Labute approximate surface area is 139 Å². The summed E-state index contributed by atoms with van der Waals surface area (Å²) in [5.41, 5.74) is 0.996. The molecule has 8 heteroatoms. The molecular weight excluding hydrogens is 335 g/mol. The smallest absolute Gasteiger partial charge is 0.279 e. The monoisotopic (exact) mass is 345 g/mol. The molecule has 25 heavy (non-hydrogen) atoms. The first kappa shape index (κ1) is 15.3. The molecule has 3 aromatic rings. The zero-order chi connectivity index (χ0) is 17.7. The van der Waals surface area contributed by atoms with Gasteiger partial charge in [-0.2, -0.15) is 0 Å². The Bertz CT molecular complexity index is 999. The number of amides is 1. The minimum absolute atomic E-state index is 0.0265. The van der Waals surface area contributed by atoms with E-state index in [4.69, 9.17) is 0 Å². The van der Waals surface area contributed by atoms with Crippen molar-refractivity contribution in [3.8, 4) is 11.4 Å². The first-order valence-corrected chi connectivity index (χ1v) is 7.27. The molecule has 2 aromatic carbocycles. The fourth-order valence-corrected chi connectivity index (χ4v) is 2.81. The number of nitrogens with zero attached hydrogens (tertiary/aromatic N) is 3. The summed E-state index contributed by atoms with van der Waals surface area (Å²) >= 11 is 0. The Morgan fingerprint density at radius 3 is 2.44 bits per heavy atom. The van der Waals surface area contributed by atoms with Crippen LogP contribution in [-0.2, 0) is 6.54 Å². The summed E-state index contributed by atoms with van der Waals surface area (Å²) in [6, 6.07) is 6.86. The van der Waals surface area contributed by atoms with E-state index in [1.807, 2.05) is 0 Å². The van der Waals surface area contributed by atoms with Crippen molar-refractivity contribution in [2.45, 2.75) is 6.54 Å². The average molecular weight is 345 g/mol. The number of carbonyl (C=O) groups is 1. The van der Waals surface area contributed by atoms with Gasteiger partial charge >= 0.3 is 0 Å². The number of phenols is 1. The Morgan fingerprint density at radius 2 is 1.72 bits per heavy atom. The highest BCUT2D eigenvalue weighted by Crippen LogP contribution is 2.32. The van der Waals surface area contributed by atoms with Crippen LogP contribution in [0.2, 0.25) is 0 Å². The molecule has 5 nitrogen and oxygen atoms in total. The van der Waals surface area contributed by atoms with E-state index < -0.39 is 29.1 Å². The molecule has 0 saturated heterocycles. The lowest BCUT2D eigenvalue weighted by Gasteiger charge is -2.16. The number of aromatic hydroxyl groups is 1. The summed E-state index contributed by atoms with van der Waals surface area (Å²) in [6.07, 6.45) is 1.26. The third kappa shape index (κ3) is 2.34. The molecule has 1 aliphatic rings. The summed E-state index contributed by atoms with van der Waals surface area (Å²) < 4.78 is 41.1. The van der Waals surface area contributed by atoms with Gasteiger partial charge in [-0.15, -0.1) is 0 Å². The summed E-state index contributed by atoms with van der Waals surface area (Å²) in [4.78, 5) is 17.9. The normalized spacial score (nSPS) is 13.4. The number of fused-ring (bicyclic) bond motifs is 1. The molecule has 4 rings (SSSR count). The van der Waals surface area contributed by atoms with Crippen LogP contribution in [0.3, 0.4) is 0 Å². The maximum Gasteiger partial charge on any atom is 0.279 e. The lowest BCUT2D eigenvalue weighted by Crippen LogP contribution is -2.24. The first-order valence-electron chi connectivity index (χ1n) is 7.27. The van der Waals surface area contributed by atoms with Crippen molar-refractivity contribution < 1.29 is 23.1 Å². The molecule has 0 saturated carbocycles. The first-order chi connectivity index (χ1) is 12.0.